The van der Waals surface area contributed by atoms with Crippen LogP contribution in [0.1, 0.15) is 46.0 Å². The van der Waals surface area contributed by atoms with Crippen LogP contribution in [-0.2, 0) is 4.79 Å². The van der Waals surface area contributed by atoms with Crippen molar-refractivity contribution in [3.05, 3.63) is 0 Å². The number of carbonyl (C=O) groups is 1. The van der Waals surface area contributed by atoms with Crippen LogP contribution in [0.25, 0.3) is 0 Å². The van der Waals surface area contributed by atoms with E-state index in [0.29, 0.717) is 12.1 Å². The molecule has 1 aliphatic carbocycles. The van der Waals surface area contributed by atoms with Crippen LogP contribution >= 0.6 is 0 Å². The van der Waals surface area contributed by atoms with Gasteiger partial charge in [0.25, 0.3) is 0 Å². The van der Waals surface area contributed by atoms with Crippen molar-refractivity contribution in [2.24, 2.45) is 0 Å². The molecule has 0 aromatic carbocycles. The molecule has 0 aromatic rings. The molecule has 4 nitrogen and oxygen atoms in total. The largest absolute Gasteiger partial charge is 0.352 e. The maximum Gasteiger partial charge on any atom is 0.237 e. The van der Waals surface area contributed by atoms with Crippen molar-refractivity contribution in [3.8, 4) is 0 Å². The third-order valence-corrected chi connectivity index (χ3v) is 4.38. The highest BCUT2D eigenvalue weighted by Gasteiger charge is 2.28. The van der Waals surface area contributed by atoms with E-state index in [1.807, 2.05) is 6.92 Å². The van der Waals surface area contributed by atoms with E-state index in [1.54, 1.807) is 0 Å². The molecule has 2 rings (SSSR count). The lowest BCUT2D eigenvalue weighted by Crippen LogP contribution is -2.58. The third kappa shape index (κ3) is 3.45. The maximum absolute atomic E-state index is 12.3. The number of piperazine rings is 1. The molecule has 104 valence electrons. The second kappa shape index (κ2) is 6.53. The molecule has 18 heavy (non-hydrogen) atoms. The van der Waals surface area contributed by atoms with Gasteiger partial charge >= 0.3 is 0 Å². The average Bonchev–Trinajstić information content (AvgIpc) is 2.39. The molecule has 1 heterocycles. The first kappa shape index (κ1) is 13.8. The molecule has 2 atom stereocenters. The number of hydrogen-bond acceptors (Lipinski definition) is 3. The molecular formula is C14H27N3O. The van der Waals surface area contributed by atoms with Crippen LogP contribution < -0.4 is 10.6 Å². The van der Waals surface area contributed by atoms with Crippen LogP contribution in [0.4, 0.5) is 0 Å². The van der Waals surface area contributed by atoms with Gasteiger partial charge in [0.15, 0.2) is 0 Å². The number of nitrogens with one attached hydrogen (secondary N) is 2. The minimum absolute atomic E-state index is 0.00373. The first-order chi connectivity index (χ1) is 8.68. The van der Waals surface area contributed by atoms with Crippen molar-refractivity contribution in [3.63, 3.8) is 0 Å². The summed E-state index contributed by atoms with van der Waals surface area (Å²) in [5.41, 5.74) is 0. The van der Waals surface area contributed by atoms with Gasteiger partial charge in [0, 0.05) is 31.7 Å². The SMILES string of the molecule is CC1CNCCN1C(C)C(=O)NC1CCCCC1. The highest BCUT2D eigenvalue weighted by Crippen LogP contribution is 2.18. The summed E-state index contributed by atoms with van der Waals surface area (Å²) in [5, 5.41) is 6.60. The highest BCUT2D eigenvalue weighted by molar-refractivity contribution is 5.81. The van der Waals surface area contributed by atoms with Gasteiger partial charge in [-0.2, -0.15) is 0 Å². The smallest absolute Gasteiger partial charge is 0.237 e. The van der Waals surface area contributed by atoms with E-state index in [2.05, 4.69) is 22.5 Å². The monoisotopic (exact) mass is 253 g/mol. The van der Waals surface area contributed by atoms with Crippen LogP contribution in [0, 0.1) is 0 Å². The molecule has 0 aromatic heterocycles. The van der Waals surface area contributed by atoms with Crippen LogP contribution in [0.2, 0.25) is 0 Å². The zero-order valence-corrected chi connectivity index (χ0v) is 11.7. The molecule has 2 N–H and O–H groups in total. The van der Waals surface area contributed by atoms with Gasteiger partial charge in [0.1, 0.15) is 0 Å². The van der Waals surface area contributed by atoms with Crippen LogP contribution in [-0.4, -0.2) is 48.6 Å². The number of hydrogen-bond donors (Lipinski definition) is 2. The predicted molar refractivity (Wildman–Crippen MR) is 73.5 cm³/mol. The molecule has 0 bridgehead atoms. The molecular weight excluding hydrogens is 226 g/mol. The summed E-state index contributed by atoms with van der Waals surface area (Å²) >= 11 is 0. The first-order valence-electron chi connectivity index (χ1n) is 7.45. The lowest BCUT2D eigenvalue weighted by molar-refractivity contribution is -0.127. The van der Waals surface area contributed by atoms with E-state index >= 15 is 0 Å². The molecule has 2 aliphatic rings. The third-order valence-electron chi connectivity index (χ3n) is 4.38. The fraction of sp³-hybridized carbons (Fsp3) is 0.929. The highest BCUT2D eigenvalue weighted by atomic mass is 16.2. The van der Waals surface area contributed by atoms with Crippen molar-refractivity contribution >= 4 is 5.91 Å². The molecule has 1 saturated carbocycles. The Morgan fingerprint density at radius 2 is 2.06 bits per heavy atom. The molecule has 0 spiro atoms. The van der Waals surface area contributed by atoms with Crippen molar-refractivity contribution in [2.75, 3.05) is 19.6 Å². The molecule has 0 radical (unpaired) electrons. The topological polar surface area (TPSA) is 44.4 Å². The fourth-order valence-corrected chi connectivity index (χ4v) is 3.15. The van der Waals surface area contributed by atoms with E-state index in [-0.39, 0.29) is 11.9 Å². The zero-order valence-electron chi connectivity index (χ0n) is 11.7. The van der Waals surface area contributed by atoms with Crippen LogP contribution in [0.15, 0.2) is 0 Å². The fourth-order valence-electron chi connectivity index (χ4n) is 3.15. The van der Waals surface area contributed by atoms with E-state index in [1.165, 1.54) is 19.3 Å². The second-order valence-electron chi connectivity index (χ2n) is 5.81. The standard InChI is InChI=1S/C14H27N3O/c1-11-10-15-8-9-17(11)12(2)14(18)16-13-6-4-3-5-7-13/h11-13,15H,3-10H2,1-2H3,(H,16,18). The summed E-state index contributed by atoms with van der Waals surface area (Å²) in [6.07, 6.45) is 6.19. The Bertz CT molecular complexity index is 276. The zero-order chi connectivity index (χ0) is 13.0. The molecule has 2 unspecified atom stereocenters. The summed E-state index contributed by atoms with van der Waals surface area (Å²) in [7, 11) is 0. The molecule has 1 saturated heterocycles. The van der Waals surface area contributed by atoms with Gasteiger partial charge in [0.05, 0.1) is 6.04 Å². The van der Waals surface area contributed by atoms with E-state index < -0.39 is 0 Å². The Labute approximate surface area is 110 Å². The summed E-state index contributed by atoms with van der Waals surface area (Å²) in [5.74, 6) is 0.218. The van der Waals surface area contributed by atoms with E-state index in [9.17, 15) is 4.79 Å². The minimum atomic E-state index is 0.00373. The van der Waals surface area contributed by atoms with Gasteiger partial charge in [-0.25, -0.2) is 0 Å². The second-order valence-corrected chi connectivity index (χ2v) is 5.81. The molecule has 2 fully saturated rings. The summed E-state index contributed by atoms with van der Waals surface area (Å²) in [6, 6.07) is 0.877. The number of nitrogens with zero attached hydrogens (tertiary/aromatic N) is 1. The van der Waals surface area contributed by atoms with Crippen LogP contribution in [0.3, 0.4) is 0 Å². The Kier molecular flexibility index (Phi) is 5.01. The minimum Gasteiger partial charge on any atom is -0.352 e. The molecule has 4 heteroatoms. The van der Waals surface area contributed by atoms with Gasteiger partial charge < -0.3 is 10.6 Å². The number of amides is 1. The Balaban J connectivity index is 1.83. The summed E-state index contributed by atoms with van der Waals surface area (Å²) < 4.78 is 0. The van der Waals surface area contributed by atoms with Gasteiger partial charge in [-0.05, 0) is 26.7 Å². The first-order valence-corrected chi connectivity index (χ1v) is 7.45. The van der Waals surface area contributed by atoms with Gasteiger partial charge in [-0.1, -0.05) is 19.3 Å². The number of carbonyl (C=O) groups excluding carboxylic acids is 1. The lowest BCUT2D eigenvalue weighted by Gasteiger charge is -2.38. The Morgan fingerprint density at radius 3 is 2.72 bits per heavy atom. The van der Waals surface area contributed by atoms with Gasteiger partial charge in [0.2, 0.25) is 5.91 Å². The van der Waals surface area contributed by atoms with Gasteiger partial charge in [-0.15, -0.1) is 0 Å². The Morgan fingerprint density at radius 1 is 1.33 bits per heavy atom. The lowest BCUT2D eigenvalue weighted by atomic mass is 9.95. The quantitative estimate of drug-likeness (QED) is 0.792. The van der Waals surface area contributed by atoms with Crippen molar-refractivity contribution in [1.29, 1.82) is 0 Å². The normalized spacial score (nSPS) is 28.9. The van der Waals surface area contributed by atoms with Crippen LogP contribution in [0.5, 0.6) is 0 Å². The van der Waals surface area contributed by atoms with Crippen molar-refractivity contribution < 1.29 is 4.79 Å². The molecule has 1 amide bonds. The Hall–Kier alpha value is -0.610. The number of rotatable bonds is 3. The van der Waals surface area contributed by atoms with Gasteiger partial charge in [-0.3, -0.25) is 9.69 Å². The summed E-state index contributed by atoms with van der Waals surface area (Å²) in [6.45, 7) is 7.18. The average molecular weight is 253 g/mol. The maximum atomic E-state index is 12.3. The molecule has 1 aliphatic heterocycles. The van der Waals surface area contributed by atoms with Crippen molar-refractivity contribution in [2.45, 2.75) is 64.1 Å². The summed E-state index contributed by atoms with van der Waals surface area (Å²) in [4.78, 5) is 14.6. The van der Waals surface area contributed by atoms with E-state index in [4.69, 9.17) is 0 Å². The van der Waals surface area contributed by atoms with Crippen molar-refractivity contribution in [1.82, 2.24) is 15.5 Å². The van der Waals surface area contributed by atoms with E-state index in [0.717, 1.165) is 32.5 Å². The predicted octanol–water partition coefficient (Wildman–Crippen LogP) is 1.12.